The Labute approximate surface area is 136 Å². The van der Waals surface area contributed by atoms with Crippen LogP contribution in [-0.2, 0) is 9.47 Å². The average molecular weight is 327 g/mol. The van der Waals surface area contributed by atoms with E-state index in [1.165, 1.54) is 0 Å². The molecule has 1 aliphatic heterocycles. The van der Waals surface area contributed by atoms with Gasteiger partial charge in [-0.1, -0.05) is 0 Å². The van der Waals surface area contributed by atoms with Crippen LogP contribution in [0.3, 0.4) is 0 Å². The van der Waals surface area contributed by atoms with Crippen molar-refractivity contribution in [2.45, 2.75) is 71.3 Å². The summed E-state index contributed by atoms with van der Waals surface area (Å²) in [6.45, 7) is 9.96. The molecule has 0 radical (unpaired) electrons. The average Bonchev–Trinajstić information content (AvgIpc) is 2.33. The van der Waals surface area contributed by atoms with Gasteiger partial charge in [-0.3, -0.25) is 0 Å². The van der Waals surface area contributed by atoms with E-state index < -0.39 is 35.5 Å². The first-order valence-electron chi connectivity index (χ1n) is 7.44. The molecule has 0 aromatic rings. The topological polar surface area (TPSA) is 103 Å². The molecule has 1 rings (SSSR count). The number of hydrazine groups is 1. The molecule has 130 valence electrons. The molecule has 1 N–H and O–H groups in total. The van der Waals surface area contributed by atoms with Gasteiger partial charge in [-0.05, 0) is 41.5 Å². The number of carbonyl (C=O) groups is 2. The second-order valence-corrected chi connectivity index (χ2v) is 7.42. The fourth-order valence-electron chi connectivity index (χ4n) is 2.01. The van der Waals surface area contributed by atoms with Crippen molar-refractivity contribution in [1.82, 2.24) is 10.0 Å². The van der Waals surface area contributed by atoms with Gasteiger partial charge in [0, 0.05) is 6.42 Å². The standard InChI is InChI=1S/C15H25N3O5/c1-14(2,3)22-12(20)17-9-11(19)7-10(8-16)18(17)13(21)23-15(4,5)6/h10-11,19H,7,9H2,1-6H3/t10-,11+/m0/s1. The Balaban J connectivity index is 3.08. The smallest absolute Gasteiger partial charge is 0.430 e. The van der Waals surface area contributed by atoms with Crippen LogP contribution in [0, 0.1) is 11.3 Å². The number of aliphatic hydroxyl groups is 1. The number of nitriles is 1. The molecule has 1 aliphatic rings. The van der Waals surface area contributed by atoms with Crippen molar-refractivity contribution in [2.24, 2.45) is 0 Å². The maximum Gasteiger partial charge on any atom is 0.430 e. The molecule has 23 heavy (non-hydrogen) atoms. The maximum absolute atomic E-state index is 12.4. The highest BCUT2D eigenvalue weighted by atomic mass is 16.6. The summed E-state index contributed by atoms with van der Waals surface area (Å²) < 4.78 is 10.5. The number of carbonyl (C=O) groups excluding carboxylic acids is 2. The molecule has 0 unspecified atom stereocenters. The summed E-state index contributed by atoms with van der Waals surface area (Å²) in [6, 6.07) is 0.902. The van der Waals surface area contributed by atoms with E-state index >= 15 is 0 Å². The van der Waals surface area contributed by atoms with E-state index in [0.717, 1.165) is 10.0 Å². The maximum atomic E-state index is 12.4. The lowest BCUT2D eigenvalue weighted by molar-refractivity contribution is -0.109. The van der Waals surface area contributed by atoms with Gasteiger partial charge in [0.2, 0.25) is 0 Å². The summed E-state index contributed by atoms with van der Waals surface area (Å²) >= 11 is 0. The molecule has 8 nitrogen and oxygen atoms in total. The van der Waals surface area contributed by atoms with E-state index in [2.05, 4.69) is 0 Å². The van der Waals surface area contributed by atoms with Gasteiger partial charge in [-0.15, -0.1) is 0 Å². The second-order valence-electron chi connectivity index (χ2n) is 7.42. The van der Waals surface area contributed by atoms with Crippen molar-refractivity contribution < 1.29 is 24.2 Å². The van der Waals surface area contributed by atoms with Crippen LogP contribution < -0.4 is 0 Å². The Morgan fingerprint density at radius 2 is 1.57 bits per heavy atom. The largest absolute Gasteiger partial charge is 0.442 e. The van der Waals surface area contributed by atoms with Crippen molar-refractivity contribution in [3.8, 4) is 6.07 Å². The van der Waals surface area contributed by atoms with Crippen LogP contribution in [0.15, 0.2) is 0 Å². The summed E-state index contributed by atoms with van der Waals surface area (Å²) in [5.74, 6) is 0. The van der Waals surface area contributed by atoms with Crippen molar-refractivity contribution in [1.29, 1.82) is 5.26 Å². The molecule has 0 spiro atoms. The van der Waals surface area contributed by atoms with Gasteiger partial charge in [-0.25, -0.2) is 14.6 Å². The zero-order chi connectivity index (χ0) is 18.0. The number of aliphatic hydroxyl groups excluding tert-OH is 1. The fourth-order valence-corrected chi connectivity index (χ4v) is 2.01. The SMILES string of the molecule is CC(C)(C)OC(=O)N1C[C@H](O)C[C@@H](C#N)N1C(=O)OC(C)(C)C. The molecule has 0 bridgehead atoms. The van der Waals surface area contributed by atoms with Crippen LogP contribution in [0.25, 0.3) is 0 Å². The summed E-state index contributed by atoms with van der Waals surface area (Å²) in [5, 5.41) is 21.0. The third-order valence-electron chi connectivity index (χ3n) is 2.77. The molecule has 0 aliphatic carbocycles. The number of amides is 2. The molecule has 2 atom stereocenters. The predicted molar refractivity (Wildman–Crippen MR) is 81.0 cm³/mol. The van der Waals surface area contributed by atoms with Crippen LogP contribution in [0.2, 0.25) is 0 Å². The van der Waals surface area contributed by atoms with Crippen LogP contribution in [0.1, 0.15) is 48.0 Å². The van der Waals surface area contributed by atoms with Crippen molar-refractivity contribution in [2.75, 3.05) is 6.54 Å². The molecule has 1 saturated heterocycles. The highest BCUT2D eigenvalue weighted by Crippen LogP contribution is 2.24. The third-order valence-corrected chi connectivity index (χ3v) is 2.77. The monoisotopic (exact) mass is 327 g/mol. The first kappa shape index (κ1) is 19.0. The molecule has 1 heterocycles. The minimum absolute atomic E-state index is 0.0367. The highest BCUT2D eigenvalue weighted by Gasteiger charge is 2.43. The number of rotatable bonds is 0. The van der Waals surface area contributed by atoms with Gasteiger partial charge in [-0.2, -0.15) is 10.3 Å². The summed E-state index contributed by atoms with van der Waals surface area (Å²) in [6.07, 6.45) is -2.54. The summed E-state index contributed by atoms with van der Waals surface area (Å²) in [5.41, 5.74) is -1.56. The van der Waals surface area contributed by atoms with Crippen LogP contribution in [-0.4, -0.2) is 57.2 Å². The first-order valence-corrected chi connectivity index (χ1v) is 7.44. The number of β-amino-alcohol motifs (C(OH)–C–C–N with tert-alkyl or cyclic N) is 1. The Morgan fingerprint density at radius 3 is 2.00 bits per heavy atom. The van der Waals surface area contributed by atoms with Gasteiger partial charge in [0.05, 0.1) is 18.7 Å². The Morgan fingerprint density at radius 1 is 1.09 bits per heavy atom. The van der Waals surface area contributed by atoms with Gasteiger partial charge < -0.3 is 14.6 Å². The van der Waals surface area contributed by atoms with E-state index in [0.29, 0.717) is 0 Å². The van der Waals surface area contributed by atoms with E-state index in [1.807, 2.05) is 6.07 Å². The van der Waals surface area contributed by atoms with Gasteiger partial charge in [0.1, 0.15) is 17.2 Å². The summed E-state index contributed by atoms with van der Waals surface area (Å²) in [4.78, 5) is 24.7. The first-order chi connectivity index (χ1) is 10.3. The quantitative estimate of drug-likeness (QED) is 0.730. The van der Waals surface area contributed by atoms with Crippen LogP contribution in [0.5, 0.6) is 0 Å². The normalized spacial score (nSPS) is 22.3. The molecular weight excluding hydrogens is 302 g/mol. The van der Waals surface area contributed by atoms with Crippen molar-refractivity contribution in [3.63, 3.8) is 0 Å². The Hall–Kier alpha value is -2.01. The molecule has 1 fully saturated rings. The molecule has 0 saturated carbocycles. The van der Waals surface area contributed by atoms with Crippen molar-refractivity contribution >= 4 is 12.2 Å². The molecule has 2 amide bonds. The summed E-state index contributed by atoms with van der Waals surface area (Å²) in [7, 11) is 0. The van der Waals surface area contributed by atoms with Gasteiger partial charge >= 0.3 is 12.2 Å². The highest BCUT2D eigenvalue weighted by molar-refractivity contribution is 5.75. The zero-order valence-electron chi connectivity index (χ0n) is 14.5. The van der Waals surface area contributed by atoms with Crippen molar-refractivity contribution in [3.05, 3.63) is 0 Å². The molecule has 0 aromatic carbocycles. The molecule has 0 aromatic heterocycles. The number of hydrogen-bond donors (Lipinski definition) is 1. The van der Waals surface area contributed by atoms with E-state index in [1.54, 1.807) is 41.5 Å². The second kappa shape index (κ2) is 6.62. The lowest BCUT2D eigenvalue weighted by Gasteiger charge is -2.43. The number of nitrogens with zero attached hydrogens (tertiary/aromatic N) is 3. The number of hydrogen-bond acceptors (Lipinski definition) is 6. The third kappa shape index (κ3) is 5.60. The lowest BCUT2D eigenvalue weighted by Crippen LogP contribution is -2.62. The van der Waals surface area contributed by atoms with E-state index in [4.69, 9.17) is 9.47 Å². The predicted octanol–water partition coefficient (Wildman–Crippen LogP) is 2.03. The zero-order valence-corrected chi connectivity index (χ0v) is 14.5. The Bertz CT molecular complexity index is 501. The molecule has 8 heteroatoms. The van der Waals surface area contributed by atoms with E-state index in [-0.39, 0.29) is 13.0 Å². The van der Waals surface area contributed by atoms with Gasteiger partial charge in [0.15, 0.2) is 0 Å². The lowest BCUT2D eigenvalue weighted by atomic mass is 10.1. The van der Waals surface area contributed by atoms with E-state index in [9.17, 15) is 20.0 Å². The van der Waals surface area contributed by atoms with Crippen LogP contribution in [0.4, 0.5) is 9.59 Å². The fraction of sp³-hybridized carbons (Fsp3) is 0.800. The number of ether oxygens (including phenoxy) is 2. The minimum atomic E-state index is -1.01. The minimum Gasteiger partial charge on any atom is -0.442 e. The Kier molecular flexibility index (Phi) is 5.48. The molecular formula is C15H25N3O5. The van der Waals surface area contributed by atoms with Crippen LogP contribution >= 0.6 is 0 Å². The van der Waals surface area contributed by atoms with Gasteiger partial charge in [0.25, 0.3) is 0 Å².